The van der Waals surface area contributed by atoms with Gasteiger partial charge in [0.2, 0.25) is 0 Å². The number of likely N-dealkylation sites (tertiary alicyclic amines) is 1. The number of methoxy groups -OCH3 is 1. The van der Waals surface area contributed by atoms with Crippen LogP contribution in [0.25, 0.3) is 16.9 Å². The van der Waals surface area contributed by atoms with Crippen molar-refractivity contribution in [3.8, 4) is 22.7 Å². The molecule has 3 aromatic rings. The molecule has 5 nitrogen and oxygen atoms in total. The molecule has 0 saturated carbocycles. The maximum atomic E-state index is 14.9. The molecule has 1 fully saturated rings. The summed E-state index contributed by atoms with van der Waals surface area (Å²) in [5.74, 6) is 0.762. The summed E-state index contributed by atoms with van der Waals surface area (Å²) in [6.07, 6.45) is 6.28. The standard InChI is InChI=1S/C25H30FN3O2/c1-31-22-11-12-23(24(26)15-22)25-20(18-29(27-25)21-9-3-2-4-10-21)17-28-13-5-7-19(16-28)8-6-14-30/h2-4,9-12,15,18-19,30H,5-8,13-14,16-17H2,1H3/t19-/m1/s1. The van der Waals surface area contributed by atoms with Gasteiger partial charge in [-0.05, 0) is 62.4 Å². The summed E-state index contributed by atoms with van der Waals surface area (Å²) in [5.41, 5.74) is 3.11. The average Bonchev–Trinajstić information content (AvgIpc) is 3.21. The normalized spacial score (nSPS) is 17.1. The van der Waals surface area contributed by atoms with Crippen LogP contribution in [-0.2, 0) is 6.54 Å². The molecule has 0 spiro atoms. The highest BCUT2D eigenvalue weighted by Crippen LogP contribution is 2.31. The van der Waals surface area contributed by atoms with E-state index >= 15 is 0 Å². The lowest BCUT2D eigenvalue weighted by Crippen LogP contribution is -2.35. The van der Waals surface area contributed by atoms with Crippen molar-refractivity contribution in [3.63, 3.8) is 0 Å². The number of aromatic nitrogens is 2. The Morgan fingerprint density at radius 2 is 2.03 bits per heavy atom. The Labute approximate surface area is 183 Å². The number of nitrogens with zero attached hydrogens (tertiary/aromatic N) is 3. The summed E-state index contributed by atoms with van der Waals surface area (Å²) >= 11 is 0. The quantitative estimate of drug-likeness (QED) is 0.572. The van der Waals surface area contributed by atoms with Gasteiger partial charge in [0, 0.05) is 43.1 Å². The van der Waals surface area contributed by atoms with Gasteiger partial charge in [-0.3, -0.25) is 4.90 Å². The minimum absolute atomic E-state index is 0.251. The number of halogens is 1. The van der Waals surface area contributed by atoms with Gasteiger partial charge < -0.3 is 9.84 Å². The highest BCUT2D eigenvalue weighted by molar-refractivity contribution is 5.65. The second kappa shape index (κ2) is 10.1. The van der Waals surface area contributed by atoms with E-state index in [4.69, 9.17) is 14.9 Å². The Kier molecular flexibility index (Phi) is 6.99. The molecule has 6 heteroatoms. The number of hydrogen-bond acceptors (Lipinski definition) is 4. The predicted octanol–water partition coefficient (Wildman–Crippen LogP) is 4.67. The molecule has 0 aliphatic carbocycles. The molecular formula is C25H30FN3O2. The Balaban J connectivity index is 1.65. The van der Waals surface area contributed by atoms with E-state index in [2.05, 4.69) is 4.90 Å². The van der Waals surface area contributed by atoms with Crippen LogP contribution in [0.4, 0.5) is 4.39 Å². The lowest BCUT2D eigenvalue weighted by atomic mass is 9.93. The topological polar surface area (TPSA) is 50.5 Å². The Morgan fingerprint density at radius 1 is 1.19 bits per heavy atom. The zero-order valence-electron chi connectivity index (χ0n) is 18.0. The molecule has 0 radical (unpaired) electrons. The van der Waals surface area contributed by atoms with Gasteiger partial charge in [-0.15, -0.1) is 0 Å². The minimum atomic E-state index is -0.335. The second-order valence-electron chi connectivity index (χ2n) is 8.24. The van der Waals surface area contributed by atoms with Crippen molar-refractivity contribution in [3.05, 3.63) is 66.1 Å². The molecular weight excluding hydrogens is 393 g/mol. The first kappa shape index (κ1) is 21.5. The van der Waals surface area contributed by atoms with Gasteiger partial charge in [0.25, 0.3) is 0 Å². The second-order valence-corrected chi connectivity index (χ2v) is 8.24. The number of rotatable bonds is 8. The SMILES string of the molecule is COc1ccc(-c2nn(-c3ccccc3)cc2CN2CCC[C@H](CCCO)C2)c(F)c1. The van der Waals surface area contributed by atoms with Crippen molar-refractivity contribution in [1.29, 1.82) is 0 Å². The number of benzene rings is 2. The zero-order chi connectivity index (χ0) is 21.6. The molecule has 1 atom stereocenters. The van der Waals surface area contributed by atoms with Gasteiger partial charge in [0.05, 0.1) is 12.8 Å². The van der Waals surface area contributed by atoms with Crippen molar-refractivity contribution in [2.45, 2.75) is 32.2 Å². The largest absolute Gasteiger partial charge is 0.497 e. The van der Waals surface area contributed by atoms with Crippen LogP contribution < -0.4 is 4.74 Å². The maximum Gasteiger partial charge on any atom is 0.136 e. The zero-order valence-corrected chi connectivity index (χ0v) is 18.0. The number of ether oxygens (including phenoxy) is 1. The van der Waals surface area contributed by atoms with Gasteiger partial charge in [-0.25, -0.2) is 9.07 Å². The number of piperidine rings is 1. The Bertz CT molecular complexity index is 990. The molecule has 0 unspecified atom stereocenters. The summed E-state index contributed by atoms with van der Waals surface area (Å²) < 4.78 is 21.9. The van der Waals surface area contributed by atoms with E-state index in [1.54, 1.807) is 12.1 Å². The minimum Gasteiger partial charge on any atom is -0.497 e. The molecule has 2 heterocycles. The smallest absolute Gasteiger partial charge is 0.136 e. The lowest BCUT2D eigenvalue weighted by Gasteiger charge is -2.32. The molecule has 1 aliphatic rings. The molecule has 164 valence electrons. The van der Waals surface area contributed by atoms with Crippen molar-refractivity contribution in [2.75, 3.05) is 26.8 Å². The van der Waals surface area contributed by atoms with E-state index < -0.39 is 0 Å². The first-order chi connectivity index (χ1) is 15.2. The number of aliphatic hydroxyl groups is 1. The van der Waals surface area contributed by atoms with Gasteiger partial charge in [-0.1, -0.05) is 18.2 Å². The van der Waals surface area contributed by atoms with E-state index in [9.17, 15) is 4.39 Å². The first-order valence-corrected chi connectivity index (χ1v) is 11.0. The molecule has 2 aromatic carbocycles. The molecule has 4 rings (SSSR count). The van der Waals surface area contributed by atoms with Crippen LogP contribution in [0.3, 0.4) is 0 Å². The highest BCUT2D eigenvalue weighted by Gasteiger charge is 2.23. The summed E-state index contributed by atoms with van der Waals surface area (Å²) in [6, 6.07) is 14.8. The Morgan fingerprint density at radius 3 is 2.77 bits per heavy atom. The van der Waals surface area contributed by atoms with Crippen LogP contribution in [0, 0.1) is 11.7 Å². The fraction of sp³-hybridized carbons (Fsp3) is 0.400. The summed E-state index contributed by atoms with van der Waals surface area (Å²) in [5, 5.41) is 13.9. The highest BCUT2D eigenvalue weighted by atomic mass is 19.1. The predicted molar refractivity (Wildman–Crippen MR) is 120 cm³/mol. The van der Waals surface area contributed by atoms with Gasteiger partial charge in [0.1, 0.15) is 17.3 Å². The van der Waals surface area contributed by atoms with Crippen LogP contribution in [0.15, 0.2) is 54.7 Å². The summed E-state index contributed by atoms with van der Waals surface area (Å²) in [4.78, 5) is 2.43. The van der Waals surface area contributed by atoms with Gasteiger partial charge in [0.15, 0.2) is 0 Å². The molecule has 1 saturated heterocycles. The summed E-state index contributed by atoms with van der Waals surface area (Å²) in [7, 11) is 1.54. The van der Waals surface area contributed by atoms with Crippen molar-refractivity contribution < 1.29 is 14.2 Å². The average molecular weight is 424 g/mol. The lowest BCUT2D eigenvalue weighted by molar-refractivity contribution is 0.153. The Hall–Kier alpha value is -2.70. The van der Waals surface area contributed by atoms with Crippen LogP contribution in [0.2, 0.25) is 0 Å². The van der Waals surface area contributed by atoms with E-state index in [1.165, 1.54) is 19.6 Å². The van der Waals surface area contributed by atoms with Gasteiger partial charge in [-0.2, -0.15) is 5.10 Å². The molecule has 1 aliphatic heterocycles. The molecule has 0 amide bonds. The van der Waals surface area contributed by atoms with Crippen LogP contribution in [0.5, 0.6) is 5.75 Å². The fourth-order valence-corrected chi connectivity index (χ4v) is 4.43. The van der Waals surface area contributed by atoms with Crippen LogP contribution in [0.1, 0.15) is 31.2 Å². The van der Waals surface area contributed by atoms with Crippen molar-refractivity contribution in [1.82, 2.24) is 14.7 Å². The fourth-order valence-electron chi connectivity index (χ4n) is 4.43. The van der Waals surface area contributed by atoms with Crippen molar-refractivity contribution >= 4 is 0 Å². The monoisotopic (exact) mass is 423 g/mol. The van der Waals surface area contributed by atoms with E-state index in [-0.39, 0.29) is 12.4 Å². The number of aliphatic hydroxyl groups excluding tert-OH is 1. The van der Waals surface area contributed by atoms with Crippen molar-refractivity contribution in [2.24, 2.45) is 5.92 Å². The molecule has 1 aromatic heterocycles. The third kappa shape index (κ3) is 5.14. The maximum absolute atomic E-state index is 14.9. The number of hydrogen-bond donors (Lipinski definition) is 1. The summed E-state index contributed by atoms with van der Waals surface area (Å²) in [6.45, 7) is 3.00. The van der Waals surface area contributed by atoms with E-state index in [1.807, 2.05) is 41.2 Å². The van der Waals surface area contributed by atoms with Crippen LogP contribution >= 0.6 is 0 Å². The van der Waals surface area contributed by atoms with E-state index in [0.29, 0.717) is 22.9 Å². The molecule has 31 heavy (non-hydrogen) atoms. The van der Waals surface area contributed by atoms with Crippen LogP contribution in [-0.4, -0.2) is 46.6 Å². The third-order valence-electron chi connectivity index (χ3n) is 6.01. The number of para-hydroxylation sites is 1. The first-order valence-electron chi connectivity index (χ1n) is 11.0. The molecule has 0 bridgehead atoms. The third-order valence-corrected chi connectivity index (χ3v) is 6.01. The van der Waals surface area contributed by atoms with E-state index in [0.717, 1.165) is 50.1 Å². The van der Waals surface area contributed by atoms with Gasteiger partial charge >= 0.3 is 0 Å². The molecule has 1 N–H and O–H groups in total.